The van der Waals surface area contributed by atoms with Crippen LogP contribution < -0.4 is 10.5 Å². The first-order valence-electron chi connectivity index (χ1n) is 10.4. The van der Waals surface area contributed by atoms with Gasteiger partial charge in [-0.2, -0.15) is 0 Å². The van der Waals surface area contributed by atoms with E-state index in [2.05, 4.69) is 6.92 Å². The number of nitrogens with two attached hydrogens (primary N) is 1. The highest BCUT2D eigenvalue weighted by Crippen LogP contribution is 2.13. The molecular formula is C22H37NO4. The van der Waals surface area contributed by atoms with E-state index >= 15 is 0 Å². The average molecular weight is 380 g/mol. The van der Waals surface area contributed by atoms with Crippen molar-refractivity contribution in [1.82, 2.24) is 0 Å². The van der Waals surface area contributed by atoms with E-state index in [1.165, 1.54) is 44.9 Å². The zero-order chi connectivity index (χ0) is 19.6. The zero-order valence-corrected chi connectivity index (χ0v) is 16.9. The van der Waals surface area contributed by atoms with Crippen LogP contribution in [0.3, 0.4) is 0 Å². The quantitative estimate of drug-likeness (QED) is 0.231. The van der Waals surface area contributed by atoms with E-state index in [0.717, 1.165) is 18.6 Å². The molecule has 0 saturated heterocycles. The molecule has 0 spiro atoms. The first-order valence-corrected chi connectivity index (χ1v) is 10.4. The topological polar surface area (TPSA) is 70.8 Å². The van der Waals surface area contributed by atoms with E-state index < -0.39 is 0 Å². The number of hydrogen-bond donors (Lipinski definition) is 1. The number of rotatable bonds is 17. The minimum atomic E-state index is -0.125. The smallest absolute Gasteiger partial charge is 0.305 e. The number of nitrogen functional groups attached to an aromatic ring is 1. The molecule has 0 heterocycles. The maximum Gasteiger partial charge on any atom is 0.305 e. The van der Waals surface area contributed by atoms with Crippen LogP contribution >= 0.6 is 0 Å². The lowest BCUT2D eigenvalue weighted by Crippen LogP contribution is -2.13. The van der Waals surface area contributed by atoms with Gasteiger partial charge in [0.15, 0.2) is 0 Å². The Balaban J connectivity index is 1.82. The van der Waals surface area contributed by atoms with Gasteiger partial charge in [-0.1, -0.05) is 58.3 Å². The van der Waals surface area contributed by atoms with Gasteiger partial charge in [-0.3, -0.25) is 4.79 Å². The van der Waals surface area contributed by atoms with Crippen LogP contribution in [-0.2, 0) is 14.3 Å². The highest BCUT2D eigenvalue weighted by atomic mass is 16.6. The minimum Gasteiger partial charge on any atom is -0.491 e. The third-order valence-electron chi connectivity index (χ3n) is 4.35. The molecule has 1 rings (SSSR count). The Bertz CT molecular complexity index is 476. The number of carbonyl (C=O) groups excluding carboxylic acids is 1. The summed E-state index contributed by atoms with van der Waals surface area (Å²) in [5.41, 5.74) is 6.32. The van der Waals surface area contributed by atoms with Crippen molar-refractivity contribution in [3.8, 4) is 5.75 Å². The minimum absolute atomic E-state index is 0.125. The molecule has 0 amide bonds. The second-order valence-electron chi connectivity index (χ2n) is 6.83. The molecule has 0 aliphatic heterocycles. The Morgan fingerprint density at radius 2 is 1.41 bits per heavy atom. The molecule has 0 saturated carbocycles. The van der Waals surface area contributed by atoms with Gasteiger partial charge in [-0.15, -0.1) is 0 Å². The Labute approximate surface area is 164 Å². The van der Waals surface area contributed by atoms with E-state index in [1.807, 2.05) is 12.1 Å². The second-order valence-corrected chi connectivity index (χ2v) is 6.83. The van der Waals surface area contributed by atoms with Crippen molar-refractivity contribution in [3.63, 3.8) is 0 Å². The molecule has 154 valence electrons. The summed E-state index contributed by atoms with van der Waals surface area (Å²) in [7, 11) is 0. The molecule has 0 unspecified atom stereocenters. The zero-order valence-electron chi connectivity index (χ0n) is 16.9. The number of benzene rings is 1. The van der Waals surface area contributed by atoms with Crippen LogP contribution in [0.15, 0.2) is 24.3 Å². The fourth-order valence-electron chi connectivity index (χ4n) is 2.75. The van der Waals surface area contributed by atoms with Crippen molar-refractivity contribution >= 4 is 11.7 Å². The summed E-state index contributed by atoms with van der Waals surface area (Å²) in [4.78, 5) is 11.6. The first-order chi connectivity index (χ1) is 13.2. The molecule has 1 aromatic rings. The lowest BCUT2D eigenvalue weighted by molar-refractivity contribution is -0.145. The van der Waals surface area contributed by atoms with Gasteiger partial charge in [-0.05, 0) is 30.7 Å². The SMILES string of the molecule is CCCCCCCCCCCC(=O)OCCOCCOc1ccc(N)cc1. The Morgan fingerprint density at radius 3 is 2.07 bits per heavy atom. The van der Waals surface area contributed by atoms with E-state index in [4.69, 9.17) is 19.9 Å². The number of carbonyl (C=O) groups is 1. The fraction of sp³-hybridized carbons (Fsp3) is 0.682. The maximum absolute atomic E-state index is 11.6. The van der Waals surface area contributed by atoms with Gasteiger partial charge < -0.3 is 19.9 Å². The van der Waals surface area contributed by atoms with Crippen LogP contribution in [-0.4, -0.2) is 32.4 Å². The van der Waals surface area contributed by atoms with Crippen LogP contribution in [0.4, 0.5) is 5.69 Å². The molecule has 0 bridgehead atoms. The van der Waals surface area contributed by atoms with E-state index in [1.54, 1.807) is 12.1 Å². The summed E-state index contributed by atoms with van der Waals surface area (Å²) in [6, 6.07) is 7.24. The molecule has 0 radical (unpaired) electrons. The Morgan fingerprint density at radius 1 is 0.815 bits per heavy atom. The molecule has 27 heavy (non-hydrogen) atoms. The van der Waals surface area contributed by atoms with Gasteiger partial charge in [0.1, 0.15) is 19.0 Å². The van der Waals surface area contributed by atoms with Crippen LogP contribution in [0, 0.1) is 0 Å². The molecule has 2 N–H and O–H groups in total. The van der Waals surface area contributed by atoms with Crippen molar-refractivity contribution in [3.05, 3.63) is 24.3 Å². The van der Waals surface area contributed by atoms with Crippen molar-refractivity contribution in [2.24, 2.45) is 0 Å². The highest BCUT2D eigenvalue weighted by molar-refractivity contribution is 5.69. The normalized spacial score (nSPS) is 10.7. The Hall–Kier alpha value is -1.75. The van der Waals surface area contributed by atoms with Crippen molar-refractivity contribution < 1.29 is 19.0 Å². The van der Waals surface area contributed by atoms with E-state index in [0.29, 0.717) is 38.5 Å². The van der Waals surface area contributed by atoms with E-state index in [-0.39, 0.29) is 5.97 Å². The third-order valence-corrected chi connectivity index (χ3v) is 4.35. The second kappa shape index (κ2) is 16.4. The number of anilines is 1. The van der Waals surface area contributed by atoms with Crippen LogP contribution in [0.1, 0.15) is 71.1 Å². The molecule has 5 heteroatoms. The lowest BCUT2D eigenvalue weighted by Gasteiger charge is -2.08. The molecule has 0 aliphatic rings. The van der Waals surface area contributed by atoms with Crippen molar-refractivity contribution in [1.29, 1.82) is 0 Å². The summed E-state index contributed by atoms with van der Waals surface area (Å²) in [6.45, 7) is 3.85. The standard InChI is InChI=1S/C22H37NO4/c1-2-3-4-5-6-7-8-9-10-11-22(24)27-19-17-25-16-18-26-21-14-12-20(23)13-15-21/h12-15H,2-11,16-19,23H2,1H3. The number of hydrogen-bond acceptors (Lipinski definition) is 5. The fourth-order valence-corrected chi connectivity index (χ4v) is 2.75. The predicted molar refractivity (Wildman–Crippen MR) is 110 cm³/mol. The van der Waals surface area contributed by atoms with E-state index in [9.17, 15) is 4.79 Å². The summed E-state index contributed by atoms with van der Waals surface area (Å²) < 4.78 is 16.1. The Kier molecular flexibility index (Phi) is 14.2. The maximum atomic E-state index is 11.6. The summed E-state index contributed by atoms with van der Waals surface area (Å²) in [5, 5.41) is 0. The van der Waals surface area contributed by atoms with Gasteiger partial charge in [-0.25, -0.2) is 0 Å². The number of unbranched alkanes of at least 4 members (excludes halogenated alkanes) is 8. The largest absolute Gasteiger partial charge is 0.491 e. The van der Waals surface area contributed by atoms with Gasteiger partial charge >= 0.3 is 5.97 Å². The number of esters is 1. The first kappa shape index (κ1) is 23.3. The van der Waals surface area contributed by atoms with Crippen molar-refractivity contribution in [2.75, 3.05) is 32.2 Å². The molecule has 5 nitrogen and oxygen atoms in total. The molecular weight excluding hydrogens is 342 g/mol. The van der Waals surface area contributed by atoms with Gasteiger partial charge in [0.25, 0.3) is 0 Å². The van der Waals surface area contributed by atoms with Crippen LogP contribution in [0.2, 0.25) is 0 Å². The van der Waals surface area contributed by atoms with Crippen molar-refractivity contribution in [2.45, 2.75) is 71.1 Å². The summed E-state index contributed by atoms with van der Waals surface area (Å²) in [5.74, 6) is 0.639. The summed E-state index contributed by atoms with van der Waals surface area (Å²) in [6.07, 6.45) is 11.7. The van der Waals surface area contributed by atoms with Gasteiger partial charge in [0.05, 0.1) is 13.2 Å². The molecule has 0 fully saturated rings. The number of ether oxygens (including phenoxy) is 3. The van der Waals surface area contributed by atoms with Crippen LogP contribution in [0.25, 0.3) is 0 Å². The predicted octanol–water partition coefficient (Wildman–Crippen LogP) is 5.13. The molecule has 0 atom stereocenters. The average Bonchev–Trinajstić information content (AvgIpc) is 2.67. The molecule has 0 aliphatic carbocycles. The molecule has 1 aromatic carbocycles. The van der Waals surface area contributed by atoms with Crippen LogP contribution in [0.5, 0.6) is 5.75 Å². The molecule has 0 aromatic heterocycles. The third kappa shape index (κ3) is 14.0. The lowest BCUT2D eigenvalue weighted by atomic mass is 10.1. The van der Waals surface area contributed by atoms with Gasteiger partial charge in [0.2, 0.25) is 0 Å². The highest BCUT2D eigenvalue weighted by Gasteiger charge is 2.02. The monoisotopic (exact) mass is 379 g/mol. The summed E-state index contributed by atoms with van der Waals surface area (Å²) >= 11 is 0. The van der Waals surface area contributed by atoms with Gasteiger partial charge in [0, 0.05) is 12.1 Å².